The third-order valence-electron chi connectivity index (χ3n) is 4.12. The van der Waals surface area contributed by atoms with Crippen molar-refractivity contribution in [2.45, 2.75) is 52.4 Å². The highest BCUT2D eigenvalue weighted by Gasteiger charge is 2.28. The molecule has 2 rings (SSSR count). The maximum atomic E-state index is 10.9. The number of rotatable bonds is 2. The molecule has 0 bridgehead atoms. The van der Waals surface area contributed by atoms with E-state index >= 15 is 0 Å². The van der Waals surface area contributed by atoms with Gasteiger partial charge >= 0.3 is 5.97 Å². The highest BCUT2D eigenvalue weighted by atomic mass is 16.4. The van der Waals surface area contributed by atoms with E-state index in [2.05, 4.69) is 19.9 Å². The van der Waals surface area contributed by atoms with Crippen LogP contribution in [0, 0.1) is 11.3 Å². The first-order valence-corrected chi connectivity index (χ1v) is 6.59. The monoisotopic (exact) mass is 234 g/mol. The quantitative estimate of drug-likeness (QED) is 0.735. The van der Waals surface area contributed by atoms with E-state index in [1.807, 2.05) is 6.08 Å². The number of carboxylic acid groups (broad SMARTS) is 1. The molecular weight excluding hydrogens is 212 g/mol. The van der Waals surface area contributed by atoms with Crippen LogP contribution in [0.1, 0.15) is 52.4 Å². The van der Waals surface area contributed by atoms with Crippen LogP contribution in [0.5, 0.6) is 0 Å². The minimum Gasteiger partial charge on any atom is -0.478 e. The lowest BCUT2D eigenvalue weighted by Crippen LogP contribution is -2.21. The Bertz CT molecular complexity index is 374. The minimum atomic E-state index is -0.735. The van der Waals surface area contributed by atoms with Crippen molar-refractivity contribution in [2.24, 2.45) is 11.3 Å². The highest BCUT2D eigenvalue weighted by molar-refractivity contribution is 5.86. The van der Waals surface area contributed by atoms with Gasteiger partial charge < -0.3 is 5.11 Å². The Morgan fingerprint density at radius 1 is 1.41 bits per heavy atom. The van der Waals surface area contributed by atoms with Gasteiger partial charge in [-0.3, -0.25) is 0 Å². The van der Waals surface area contributed by atoms with Crippen molar-refractivity contribution in [1.29, 1.82) is 0 Å². The number of carboxylic acids is 1. The molecule has 1 atom stereocenters. The standard InChI is InChI=1S/C15H22O2/c1-15(2)9-3-4-13(10-15)11-5-7-12(8-6-11)14(16)17/h4,7,11H,3,5-6,8-10H2,1-2H3,(H,16,17)/t11-/m1/s1. The summed E-state index contributed by atoms with van der Waals surface area (Å²) in [5.74, 6) is -0.140. The Balaban J connectivity index is 2.02. The van der Waals surface area contributed by atoms with E-state index in [1.165, 1.54) is 19.3 Å². The second-order valence-corrected chi connectivity index (χ2v) is 6.16. The molecule has 1 N–H and O–H groups in total. The summed E-state index contributed by atoms with van der Waals surface area (Å²) in [6.07, 6.45) is 10.7. The molecule has 0 aromatic rings. The number of allylic oxidation sites excluding steroid dienone is 3. The van der Waals surface area contributed by atoms with Crippen LogP contribution < -0.4 is 0 Å². The van der Waals surface area contributed by atoms with Gasteiger partial charge in [-0.05, 0) is 49.9 Å². The molecule has 17 heavy (non-hydrogen) atoms. The molecule has 2 heteroatoms. The summed E-state index contributed by atoms with van der Waals surface area (Å²) in [5.41, 5.74) is 2.61. The first kappa shape index (κ1) is 12.4. The van der Waals surface area contributed by atoms with Crippen molar-refractivity contribution >= 4 is 5.97 Å². The topological polar surface area (TPSA) is 37.3 Å². The molecule has 0 aromatic heterocycles. The molecule has 94 valence electrons. The molecule has 0 saturated carbocycles. The second-order valence-electron chi connectivity index (χ2n) is 6.16. The third-order valence-corrected chi connectivity index (χ3v) is 4.12. The largest absolute Gasteiger partial charge is 0.478 e. The van der Waals surface area contributed by atoms with Gasteiger partial charge in [-0.2, -0.15) is 0 Å². The average Bonchev–Trinajstić information content (AvgIpc) is 2.28. The van der Waals surface area contributed by atoms with E-state index in [-0.39, 0.29) is 0 Å². The zero-order valence-corrected chi connectivity index (χ0v) is 10.8. The molecule has 2 aliphatic carbocycles. The van der Waals surface area contributed by atoms with Crippen LogP contribution in [-0.2, 0) is 4.79 Å². The maximum absolute atomic E-state index is 10.9. The second kappa shape index (κ2) is 4.67. The fourth-order valence-corrected chi connectivity index (χ4v) is 3.04. The molecule has 2 nitrogen and oxygen atoms in total. The average molecular weight is 234 g/mol. The van der Waals surface area contributed by atoms with E-state index in [1.54, 1.807) is 5.57 Å². The summed E-state index contributed by atoms with van der Waals surface area (Å²) < 4.78 is 0. The van der Waals surface area contributed by atoms with Gasteiger partial charge in [0.25, 0.3) is 0 Å². The lowest BCUT2D eigenvalue weighted by molar-refractivity contribution is -0.132. The van der Waals surface area contributed by atoms with Crippen LogP contribution in [0.2, 0.25) is 0 Å². The Hall–Kier alpha value is -1.05. The van der Waals surface area contributed by atoms with E-state index in [9.17, 15) is 4.79 Å². The molecule has 2 aliphatic rings. The molecule has 0 fully saturated rings. The number of hydrogen-bond acceptors (Lipinski definition) is 1. The normalized spacial score (nSPS) is 28.2. The summed E-state index contributed by atoms with van der Waals surface area (Å²) in [4.78, 5) is 10.9. The van der Waals surface area contributed by atoms with Crippen molar-refractivity contribution in [3.8, 4) is 0 Å². The van der Waals surface area contributed by atoms with Gasteiger partial charge in [0.1, 0.15) is 0 Å². The molecule has 0 saturated heterocycles. The number of hydrogen-bond donors (Lipinski definition) is 1. The molecule has 0 aromatic carbocycles. The zero-order valence-electron chi connectivity index (χ0n) is 10.8. The van der Waals surface area contributed by atoms with E-state index in [4.69, 9.17) is 5.11 Å². The van der Waals surface area contributed by atoms with Crippen molar-refractivity contribution in [2.75, 3.05) is 0 Å². The summed E-state index contributed by atoms with van der Waals surface area (Å²) in [6, 6.07) is 0. The molecule has 0 radical (unpaired) electrons. The van der Waals surface area contributed by atoms with E-state index in [0.29, 0.717) is 16.9 Å². The number of carbonyl (C=O) groups is 1. The first-order valence-electron chi connectivity index (χ1n) is 6.59. The van der Waals surface area contributed by atoms with Crippen LogP contribution in [-0.4, -0.2) is 11.1 Å². The predicted molar refractivity (Wildman–Crippen MR) is 68.8 cm³/mol. The Labute approximate surface area is 103 Å². The summed E-state index contributed by atoms with van der Waals surface area (Å²) in [7, 11) is 0. The van der Waals surface area contributed by atoms with Crippen molar-refractivity contribution < 1.29 is 9.90 Å². The number of aliphatic carboxylic acids is 1. The molecule has 0 amide bonds. The third kappa shape index (κ3) is 2.99. The zero-order chi connectivity index (χ0) is 12.5. The van der Waals surface area contributed by atoms with E-state index in [0.717, 1.165) is 19.3 Å². The van der Waals surface area contributed by atoms with Gasteiger partial charge in [0.15, 0.2) is 0 Å². The molecule has 0 heterocycles. The molecular formula is C15H22O2. The van der Waals surface area contributed by atoms with Crippen LogP contribution in [0.3, 0.4) is 0 Å². The van der Waals surface area contributed by atoms with E-state index < -0.39 is 5.97 Å². The van der Waals surface area contributed by atoms with Gasteiger partial charge in [-0.25, -0.2) is 4.79 Å². The Kier molecular flexibility index (Phi) is 3.41. The van der Waals surface area contributed by atoms with Gasteiger partial charge in [0.05, 0.1) is 0 Å². The lowest BCUT2D eigenvalue weighted by Gasteiger charge is -2.34. The van der Waals surface area contributed by atoms with Crippen molar-refractivity contribution in [3.63, 3.8) is 0 Å². The minimum absolute atomic E-state index is 0.431. The Morgan fingerprint density at radius 3 is 2.71 bits per heavy atom. The fourth-order valence-electron chi connectivity index (χ4n) is 3.04. The lowest BCUT2D eigenvalue weighted by atomic mass is 9.71. The summed E-state index contributed by atoms with van der Waals surface area (Å²) >= 11 is 0. The van der Waals surface area contributed by atoms with Crippen molar-refractivity contribution in [3.05, 3.63) is 23.3 Å². The van der Waals surface area contributed by atoms with Gasteiger partial charge in [0.2, 0.25) is 0 Å². The molecule has 0 aliphatic heterocycles. The fraction of sp³-hybridized carbons (Fsp3) is 0.667. The van der Waals surface area contributed by atoms with Crippen LogP contribution >= 0.6 is 0 Å². The van der Waals surface area contributed by atoms with Crippen LogP contribution in [0.25, 0.3) is 0 Å². The van der Waals surface area contributed by atoms with Crippen LogP contribution in [0.4, 0.5) is 0 Å². The summed E-state index contributed by atoms with van der Waals surface area (Å²) in [5, 5.41) is 8.94. The predicted octanol–water partition coefficient (Wildman–Crippen LogP) is 3.93. The molecule has 0 spiro atoms. The maximum Gasteiger partial charge on any atom is 0.331 e. The molecule has 0 unspecified atom stereocenters. The first-order chi connectivity index (χ1) is 7.98. The summed E-state index contributed by atoms with van der Waals surface area (Å²) in [6.45, 7) is 4.67. The highest BCUT2D eigenvalue weighted by Crippen LogP contribution is 2.41. The van der Waals surface area contributed by atoms with Gasteiger partial charge in [0, 0.05) is 5.57 Å². The van der Waals surface area contributed by atoms with Gasteiger partial charge in [-0.15, -0.1) is 0 Å². The SMILES string of the molecule is CC1(C)CCC=C([C@@H]2CC=C(C(=O)O)CC2)C1. The van der Waals surface area contributed by atoms with Crippen LogP contribution in [0.15, 0.2) is 23.3 Å². The van der Waals surface area contributed by atoms with Crippen molar-refractivity contribution in [1.82, 2.24) is 0 Å². The smallest absolute Gasteiger partial charge is 0.331 e. The Morgan fingerprint density at radius 2 is 2.18 bits per heavy atom. The van der Waals surface area contributed by atoms with Gasteiger partial charge in [-0.1, -0.05) is 31.6 Å².